The van der Waals surface area contributed by atoms with E-state index in [2.05, 4.69) is 36.7 Å². The van der Waals surface area contributed by atoms with Crippen LogP contribution in [-0.2, 0) is 4.79 Å². The first-order valence-corrected chi connectivity index (χ1v) is 12.2. The van der Waals surface area contributed by atoms with E-state index >= 15 is 0 Å². The minimum Gasteiger partial charge on any atom is -0.272 e. The summed E-state index contributed by atoms with van der Waals surface area (Å²) < 4.78 is 2.93. The number of nitrogens with zero attached hydrogens (tertiary/aromatic N) is 4. The van der Waals surface area contributed by atoms with Crippen molar-refractivity contribution >= 4 is 50.9 Å². The summed E-state index contributed by atoms with van der Waals surface area (Å²) in [6.07, 6.45) is 0. The topological polar surface area (TPSA) is 72.2 Å². The lowest BCUT2D eigenvalue weighted by Gasteiger charge is -2.10. The van der Waals surface area contributed by atoms with Crippen LogP contribution in [0.15, 0.2) is 93.6 Å². The van der Waals surface area contributed by atoms with Crippen molar-refractivity contribution in [3.8, 4) is 17.1 Å². The first-order valence-electron chi connectivity index (χ1n) is 10.0. The second kappa shape index (κ2) is 10.8. The van der Waals surface area contributed by atoms with Gasteiger partial charge < -0.3 is 0 Å². The van der Waals surface area contributed by atoms with Crippen LogP contribution >= 0.6 is 39.3 Å². The number of hydrogen-bond acceptors (Lipinski definition) is 5. The van der Waals surface area contributed by atoms with Gasteiger partial charge in [0.15, 0.2) is 11.0 Å². The van der Waals surface area contributed by atoms with E-state index in [4.69, 9.17) is 11.6 Å². The number of nitrogens with one attached hydrogen (secondary N) is 1. The number of thioether (sulfide) groups is 1. The molecule has 4 aromatic rings. The van der Waals surface area contributed by atoms with Crippen molar-refractivity contribution in [2.75, 3.05) is 5.75 Å². The molecule has 0 fully saturated rings. The largest absolute Gasteiger partial charge is 0.272 e. The fourth-order valence-corrected chi connectivity index (χ4v) is 4.36. The molecule has 0 saturated heterocycles. The van der Waals surface area contributed by atoms with E-state index in [9.17, 15) is 4.79 Å². The van der Waals surface area contributed by atoms with Crippen LogP contribution < -0.4 is 5.43 Å². The first-order chi connectivity index (χ1) is 16.0. The number of carbonyl (C=O) groups is 1. The van der Waals surface area contributed by atoms with Crippen molar-refractivity contribution in [2.24, 2.45) is 5.10 Å². The Morgan fingerprint density at radius 3 is 2.45 bits per heavy atom. The normalized spacial score (nSPS) is 11.4. The van der Waals surface area contributed by atoms with E-state index < -0.39 is 0 Å². The van der Waals surface area contributed by atoms with Gasteiger partial charge in [-0.05, 0) is 37.3 Å². The summed E-state index contributed by atoms with van der Waals surface area (Å²) in [5.41, 5.74) is 5.83. The number of aromatic nitrogens is 3. The average molecular weight is 541 g/mol. The van der Waals surface area contributed by atoms with Gasteiger partial charge in [0.1, 0.15) is 0 Å². The van der Waals surface area contributed by atoms with Crippen molar-refractivity contribution in [2.45, 2.75) is 12.1 Å². The van der Waals surface area contributed by atoms with Gasteiger partial charge in [0.05, 0.1) is 11.5 Å². The van der Waals surface area contributed by atoms with Crippen LogP contribution in [0.4, 0.5) is 0 Å². The number of carbonyl (C=O) groups excluding carboxylic acids is 1. The lowest BCUT2D eigenvalue weighted by atomic mass is 10.1. The predicted octanol–water partition coefficient (Wildman–Crippen LogP) is 5.98. The molecule has 0 aliphatic carbocycles. The summed E-state index contributed by atoms with van der Waals surface area (Å²) >= 11 is 10.9. The van der Waals surface area contributed by atoms with Gasteiger partial charge in [0.2, 0.25) is 0 Å². The monoisotopic (exact) mass is 539 g/mol. The number of halogens is 2. The zero-order valence-electron chi connectivity index (χ0n) is 17.6. The van der Waals surface area contributed by atoms with E-state index in [1.165, 1.54) is 11.8 Å². The van der Waals surface area contributed by atoms with Gasteiger partial charge in [-0.25, -0.2) is 5.43 Å². The molecule has 0 aliphatic rings. The second-order valence-electron chi connectivity index (χ2n) is 6.98. The van der Waals surface area contributed by atoms with Gasteiger partial charge in [-0.15, -0.1) is 10.2 Å². The lowest BCUT2D eigenvalue weighted by molar-refractivity contribution is -0.118. The molecule has 1 heterocycles. The summed E-state index contributed by atoms with van der Waals surface area (Å²) in [6.45, 7) is 1.80. The molecule has 0 bridgehead atoms. The van der Waals surface area contributed by atoms with Gasteiger partial charge in [0.25, 0.3) is 5.91 Å². The molecule has 0 atom stereocenters. The number of hydrogen-bond donors (Lipinski definition) is 1. The minimum absolute atomic E-state index is 0.130. The molecule has 9 heteroatoms. The Balaban J connectivity index is 1.52. The fraction of sp³-hybridized carbons (Fsp3) is 0.0833. The van der Waals surface area contributed by atoms with Crippen LogP contribution in [0.1, 0.15) is 12.5 Å². The molecule has 1 aromatic heterocycles. The summed E-state index contributed by atoms with van der Waals surface area (Å²) in [7, 11) is 0. The van der Waals surface area contributed by atoms with Crippen molar-refractivity contribution < 1.29 is 4.79 Å². The SMILES string of the molecule is C/C(=N\NC(=O)CSc1nnc(-c2ccc(Br)cc2)n1-c1ccccc1)c1ccccc1Cl. The van der Waals surface area contributed by atoms with Crippen LogP contribution in [0.5, 0.6) is 0 Å². The molecule has 0 unspecified atom stereocenters. The van der Waals surface area contributed by atoms with Crippen LogP contribution in [-0.4, -0.2) is 32.1 Å². The average Bonchev–Trinajstić information content (AvgIpc) is 3.26. The lowest BCUT2D eigenvalue weighted by Crippen LogP contribution is -2.21. The van der Waals surface area contributed by atoms with Gasteiger partial charge in [-0.2, -0.15) is 5.10 Å². The molecule has 3 aromatic carbocycles. The molecule has 0 saturated carbocycles. The number of hydrazone groups is 1. The van der Waals surface area contributed by atoms with Crippen LogP contribution in [0, 0.1) is 0 Å². The Labute approximate surface area is 209 Å². The summed E-state index contributed by atoms with van der Waals surface area (Å²) in [5.74, 6) is 0.577. The summed E-state index contributed by atoms with van der Waals surface area (Å²) in [6, 6.07) is 25.0. The molecule has 4 rings (SSSR count). The van der Waals surface area contributed by atoms with E-state index in [0.29, 0.717) is 21.7 Å². The molecule has 0 aliphatic heterocycles. The first kappa shape index (κ1) is 23.2. The van der Waals surface area contributed by atoms with Gasteiger partial charge >= 0.3 is 0 Å². The maximum atomic E-state index is 12.5. The fourth-order valence-electron chi connectivity index (χ4n) is 3.08. The second-order valence-corrected chi connectivity index (χ2v) is 9.25. The van der Waals surface area contributed by atoms with Crippen molar-refractivity contribution in [3.05, 3.63) is 93.9 Å². The Morgan fingerprint density at radius 2 is 1.73 bits per heavy atom. The zero-order valence-corrected chi connectivity index (χ0v) is 20.7. The Morgan fingerprint density at radius 1 is 1.03 bits per heavy atom. The van der Waals surface area contributed by atoms with E-state index in [0.717, 1.165) is 21.3 Å². The third kappa shape index (κ3) is 5.71. The third-order valence-corrected chi connectivity index (χ3v) is 6.48. The highest BCUT2D eigenvalue weighted by molar-refractivity contribution is 9.10. The van der Waals surface area contributed by atoms with E-state index in [-0.39, 0.29) is 11.7 Å². The molecule has 6 nitrogen and oxygen atoms in total. The Hall–Kier alpha value is -2.94. The van der Waals surface area contributed by atoms with Crippen molar-refractivity contribution in [3.63, 3.8) is 0 Å². The molecule has 33 heavy (non-hydrogen) atoms. The molecule has 166 valence electrons. The van der Waals surface area contributed by atoms with Crippen LogP contribution in [0.3, 0.4) is 0 Å². The predicted molar refractivity (Wildman–Crippen MR) is 137 cm³/mol. The molecule has 0 radical (unpaired) electrons. The van der Waals surface area contributed by atoms with Crippen LogP contribution in [0.2, 0.25) is 5.02 Å². The smallest absolute Gasteiger partial charge is 0.250 e. The maximum absolute atomic E-state index is 12.5. The quantitative estimate of drug-likeness (QED) is 0.178. The van der Waals surface area contributed by atoms with Crippen molar-refractivity contribution in [1.82, 2.24) is 20.2 Å². The maximum Gasteiger partial charge on any atom is 0.250 e. The highest BCUT2D eigenvalue weighted by Gasteiger charge is 2.17. The highest BCUT2D eigenvalue weighted by atomic mass is 79.9. The summed E-state index contributed by atoms with van der Waals surface area (Å²) in [5, 5.41) is 14.1. The number of amides is 1. The van der Waals surface area contributed by atoms with Gasteiger partial charge in [-0.3, -0.25) is 9.36 Å². The molecule has 0 spiro atoms. The Bertz CT molecular complexity index is 1290. The molecule has 1 N–H and O–H groups in total. The van der Waals surface area contributed by atoms with Gasteiger partial charge in [-0.1, -0.05) is 87.8 Å². The van der Waals surface area contributed by atoms with Crippen molar-refractivity contribution in [1.29, 1.82) is 0 Å². The number of para-hydroxylation sites is 1. The molecular formula is C24H19BrClN5OS. The van der Waals surface area contributed by atoms with Crippen LogP contribution in [0.25, 0.3) is 17.1 Å². The van der Waals surface area contributed by atoms with E-state index in [1.54, 1.807) is 13.0 Å². The van der Waals surface area contributed by atoms with E-state index in [1.807, 2.05) is 77.4 Å². The Kier molecular flexibility index (Phi) is 7.59. The molecular weight excluding hydrogens is 522 g/mol. The summed E-state index contributed by atoms with van der Waals surface area (Å²) in [4.78, 5) is 12.5. The zero-order chi connectivity index (χ0) is 23.2. The highest BCUT2D eigenvalue weighted by Crippen LogP contribution is 2.28. The molecule has 1 amide bonds. The third-order valence-electron chi connectivity index (χ3n) is 4.69. The number of rotatable bonds is 7. The van der Waals surface area contributed by atoms with Gasteiger partial charge in [0, 0.05) is 26.3 Å². The number of benzene rings is 3. The standard InChI is InChI=1S/C24H19BrClN5OS/c1-16(20-9-5-6-10-21(20)26)27-28-22(32)15-33-24-30-29-23(17-11-13-18(25)14-12-17)31(24)19-7-3-2-4-8-19/h2-14H,15H2,1H3,(H,28,32)/b27-16+. The minimum atomic E-state index is -0.251.